The van der Waals surface area contributed by atoms with E-state index in [1.807, 2.05) is 0 Å². The van der Waals surface area contributed by atoms with Gasteiger partial charge in [-0.15, -0.1) is 0 Å². The molecule has 0 radical (unpaired) electrons. The Hall–Kier alpha value is -7.03. The van der Waals surface area contributed by atoms with Crippen molar-refractivity contribution < 1.29 is 48.3 Å². The van der Waals surface area contributed by atoms with Gasteiger partial charge in [0.2, 0.25) is 47.3 Å². The van der Waals surface area contributed by atoms with E-state index < -0.39 is 102 Å². The standard InChI is InChI=1S/C38H73N21O10S2/c1-18(28(62)56-22(27(40)61)8-4-12-49-35(41)42)53-30(64)23(9-5-13-50-36(43)44)58-32(66)25(11-7-15-52-38(47)48)59-31(65)24(10-6-14-51-37(45)46)57-29(63)19(2)54-33(67)26(55-20(3)60)17-71-70-16-21(39)34(68)69/h18-19,21-26H,4-17,39H2,1-3H3,(H2,40,61)(H,53,64)(H,54,67)(H,55,60)(H,56,62)(H,57,63)(H,58,66)(H,59,65)(H,68,69)(H4,41,42,49)(H4,43,44,50)(H4,45,46,51)(H4,47,48,52)/t18-,19-,21+,22-,23-,24-,25-,26+/m1/s1. The van der Waals surface area contributed by atoms with E-state index in [-0.39, 0.29) is 113 Å². The number of carbonyl (C=O) groups excluding carboxylic acids is 8. The average Bonchev–Trinajstić information content (AvgIpc) is 3.27. The SMILES string of the molecule is CC(=O)N[C@@H](CSSC[C@H](N)C(=O)O)C(=O)N[C@H](C)C(=O)N[C@H](CCCN=C(N)N)C(=O)N[C@H](CCCN=C(N)N)C(=O)N[C@H](CCCN=C(N)N)C(=O)N[C@H](C)C(=O)N[C@H](CCCN=C(N)N)C(N)=O. The predicted octanol–water partition coefficient (Wildman–Crippen LogP) is -8.07. The Morgan fingerprint density at radius 2 is 0.732 bits per heavy atom. The van der Waals surface area contributed by atoms with Gasteiger partial charge < -0.3 is 99.7 Å². The van der Waals surface area contributed by atoms with Gasteiger partial charge in [-0.25, -0.2) is 0 Å². The second-order valence-electron chi connectivity index (χ2n) is 15.7. The highest BCUT2D eigenvalue weighted by molar-refractivity contribution is 8.76. The molecule has 0 saturated heterocycles. The lowest BCUT2D eigenvalue weighted by Crippen LogP contribution is -2.59. The van der Waals surface area contributed by atoms with Crippen molar-refractivity contribution in [2.24, 2.45) is 77.3 Å². The van der Waals surface area contributed by atoms with Gasteiger partial charge >= 0.3 is 5.97 Å². The lowest BCUT2D eigenvalue weighted by atomic mass is 10.0. The van der Waals surface area contributed by atoms with Crippen LogP contribution in [0.4, 0.5) is 0 Å². The fourth-order valence-corrected chi connectivity index (χ4v) is 8.02. The molecule has 0 unspecified atom stereocenters. The molecule has 0 heterocycles. The highest BCUT2D eigenvalue weighted by Gasteiger charge is 2.32. The Bertz CT molecular complexity index is 1910. The third-order valence-electron chi connectivity index (χ3n) is 9.42. The van der Waals surface area contributed by atoms with Crippen molar-refractivity contribution in [3.8, 4) is 0 Å². The van der Waals surface area contributed by atoms with E-state index in [1.165, 1.54) is 20.8 Å². The van der Waals surface area contributed by atoms with Gasteiger partial charge in [-0.2, -0.15) is 0 Å². The van der Waals surface area contributed by atoms with Crippen LogP contribution in [0.5, 0.6) is 0 Å². The van der Waals surface area contributed by atoms with Crippen molar-refractivity contribution in [3.63, 3.8) is 0 Å². The molecule has 33 heteroatoms. The second-order valence-corrected chi connectivity index (χ2v) is 18.2. The molecule has 402 valence electrons. The number of carbonyl (C=O) groups is 9. The van der Waals surface area contributed by atoms with Crippen LogP contribution in [-0.2, 0) is 43.2 Å². The lowest BCUT2D eigenvalue weighted by molar-refractivity contribution is -0.138. The molecule has 28 N–H and O–H groups in total. The Balaban J connectivity index is 6.54. The maximum Gasteiger partial charge on any atom is 0.321 e. The van der Waals surface area contributed by atoms with Crippen molar-refractivity contribution in [1.82, 2.24) is 37.2 Å². The van der Waals surface area contributed by atoms with Gasteiger partial charge in [0, 0.05) is 44.6 Å². The van der Waals surface area contributed by atoms with Gasteiger partial charge in [0.1, 0.15) is 48.3 Å². The first-order valence-electron chi connectivity index (χ1n) is 22.1. The number of nitrogens with zero attached hydrogens (tertiary/aromatic N) is 4. The number of hydrogen-bond acceptors (Lipinski definition) is 16. The van der Waals surface area contributed by atoms with Crippen LogP contribution < -0.4 is 94.6 Å². The zero-order valence-corrected chi connectivity index (χ0v) is 41.7. The third kappa shape index (κ3) is 30.2. The van der Waals surface area contributed by atoms with Crippen LogP contribution in [0, 0.1) is 0 Å². The number of aliphatic imine (C=N–C) groups is 4. The number of carboxylic acids is 1. The minimum atomic E-state index is -1.41. The van der Waals surface area contributed by atoms with Gasteiger partial charge in [-0.1, -0.05) is 21.6 Å². The first-order chi connectivity index (χ1) is 33.2. The smallest absolute Gasteiger partial charge is 0.321 e. The number of nitrogens with one attached hydrogen (secondary N) is 7. The van der Waals surface area contributed by atoms with Gasteiger partial charge in [0.15, 0.2) is 23.8 Å². The minimum Gasteiger partial charge on any atom is -0.480 e. The number of aliphatic carboxylic acids is 1. The number of amides is 8. The van der Waals surface area contributed by atoms with Crippen LogP contribution >= 0.6 is 21.6 Å². The van der Waals surface area contributed by atoms with Crippen molar-refractivity contribution >= 4 is 98.7 Å². The van der Waals surface area contributed by atoms with Crippen LogP contribution in [0.1, 0.15) is 72.1 Å². The topological polar surface area (TPSA) is 568 Å². The predicted molar refractivity (Wildman–Crippen MR) is 270 cm³/mol. The zero-order chi connectivity index (χ0) is 54.2. The summed E-state index contributed by atoms with van der Waals surface area (Å²) in [5.41, 5.74) is 54.4. The summed E-state index contributed by atoms with van der Waals surface area (Å²) < 4.78 is 0. The van der Waals surface area contributed by atoms with Crippen LogP contribution in [-0.4, -0.2) is 168 Å². The molecule has 0 aliphatic rings. The Morgan fingerprint density at radius 3 is 1.06 bits per heavy atom. The van der Waals surface area contributed by atoms with Crippen LogP contribution in [0.25, 0.3) is 0 Å². The maximum absolute atomic E-state index is 14.1. The summed E-state index contributed by atoms with van der Waals surface area (Å²) in [5, 5.41) is 26.7. The molecule has 8 amide bonds. The second kappa shape index (κ2) is 35.1. The zero-order valence-electron chi connectivity index (χ0n) is 40.0. The first-order valence-corrected chi connectivity index (χ1v) is 24.6. The van der Waals surface area contributed by atoms with E-state index in [9.17, 15) is 43.2 Å². The molecule has 31 nitrogen and oxygen atoms in total. The summed E-state index contributed by atoms with van der Waals surface area (Å²) in [6, 6.07) is -10.2. The molecule has 0 fully saturated rings. The summed E-state index contributed by atoms with van der Waals surface area (Å²) in [6.07, 6.45) is 0.443. The molecule has 0 aromatic heterocycles. The molecule has 0 spiro atoms. The normalized spacial score (nSPS) is 14.0. The van der Waals surface area contributed by atoms with Crippen LogP contribution in [0.2, 0.25) is 0 Å². The van der Waals surface area contributed by atoms with E-state index in [0.717, 1.165) is 21.6 Å². The summed E-state index contributed by atoms with van der Waals surface area (Å²) in [6.45, 7) is 4.04. The number of rotatable bonds is 36. The highest BCUT2D eigenvalue weighted by Crippen LogP contribution is 2.23. The Morgan fingerprint density at radius 1 is 0.437 bits per heavy atom. The molecule has 0 saturated carbocycles. The quantitative estimate of drug-likeness (QED) is 0.0120. The summed E-state index contributed by atoms with van der Waals surface area (Å²) in [7, 11) is 2.12. The van der Waals surface area contributed by atoms with Gasteiger partial charge in [-0.3, -0.25) is 63.1 Å². The van der Waals surface area contributed by atoms with E-state index in [2.05, 4.69) is 57.2 Å². The average molecular weight is 1050 g/mol. The van der Waals surface area contributed by atoms with Crippen molar-refractivity contribution in [2.45, 2.75) is 120 Å². The number of carboxylic acid groups (broad SMARTS) is 1. The van der Waals surface area contributed by atoms with Crippen LogP contribution in [0.15, 0.2) is 20.0 Å². The third-order valence-corrected chi connectivity index (χ3v) is 11.9. The number of nitrogens with two attached hydrogens (primary N) is 10. The summed E-state index contributed by atoms with van der Waals surface area (Å²) >= 11 is 0. The largest absolute Gasteiger partial charge is 0.480 e. The van der Waals surface area contributed by atoms with Gasteiger partial charge in [0.25, 0.3) is 0 Å². The maximum atomic E-state index is 14.1. The first kappa shape index (κ1) is 64.0. The molecule has 8 atom stereocenters. The van der Waals surface area contributed by atoms with Crippen molar-refractivity contribution in [2.75, 3.05) is 37.7 Å². The monoisotopic (exact) mass is 1050 g/mol. The lowest BCUT2D eigenvalue weighted by Gasteiger charge is -2.27. The fourth-order valence-electron chi connectivity index (χ4n) is 5.74. The molecule has 0 aliphatic heterocycles. The van der Waals surface area contributed by atoms with Crippen molar-refractivity contribution in [3.05, 3.63) is 0 Å². The number of guanidine groups is 4. The van der Waals surface area contributed by atoms with E-state index in [4.69, 9.17) is 62.4 Å². The molecule has 0 aromatic carbocycles. The summed E-state index contributed by atoms with van der Waals surface area (Å²) in [4.78, 5) is 133. The van der Waals surface area contributed by atoms with E-state index in [1.54, 1.807) is 0 Å². The van der Waals surface area contributed by atoms with Gasteiger partial charge in [-0.05, 0) is 65.2 Å². The Labute approximate surface area is 418 Å². The van der Waals surface area contributed by atoms with E-state index in [0.29, 0.717) is 0 Å². The molecule has 0 aromatic rings. The molecule has 0 bridgehead atoms. The van der Waals surface area contributed by atoms with E-state index >= 15 is 0 Å². The highest BCUT2D eigenvalue weighted by atomic mass is 33.1. The fraction of sp³-hybridized carbons (Fsp3) is 0.658. The molecular formula is C38H73N21O10S2. The van der Waals surface area contributed by atoms with Crippen molar-refractivity contribution in [1.29, 1.82) is 0 Å². The molecule has 71 heavy (non-hydrogen) atoms. The van der Waals surface area contributed by atoms with Crippen LogP contribution in [0.3, 0.4) is 0 Å². The number of primary amides is 1. The number of hydrogen-bond donors (Lipinski definition) is 18. The minimum absolute atomic E-state index is 0.00144. The Kier molecular flexibility index (Phi) is 31.6. The molecule has 0 aliphatic carbocycles. The molecular weight excluding hydrogens is 975 g/mol. The molecule has 0 rings (SSSR count). The van der Waals surface area contributed by atoms with Gasteiger partial charge in [0.05, 0.1) is 0 Å². The summed E-state index contributed by atoms with van der Waals surface area (Å²) in [5.74, 6) is -8.58.